The van der Waals surface area contributed by atoms with E-state index in [1.54, 1.807) is 0 Å². The molecule has 0 spiro atoms. The third-order valence-electron chi connectivity index (χ3n) is 3.31. The first-order valence-electron chi connectivity index (χ1n) is 6.39. The number of benzene rings is 1. The topological polar surface area (TPSA) is 46.5 Å². The van der Waals surface area contributed by atoms with Gasteiger partial charge in [0.05, 0.1) is 24.7 Å². The zero-order valence-corrected chi connectivity index (χ0v) is 12.4. The molecule has 0 fully saturated rings. The number of halogens is 7. The molecule has 3 nitrogen and oxygen atoms in total. The normalized spacial score (nSPS) is 15.8. The van der Waals surface area contributed by atoms with Crippen LogP contribution in [0.25, 0.3) is 0 Å². The standard InChI is InChI=1S/C14H13F7O3/c1-11(23,7-12(15,16)13(17,18)14(19,20)21)9-5-3-8(4-6-9)10(22)24-2/h3-6,23H,7H2,1-2H3. The van der Waals surface area contributed by atoms with Crippen molar-refractivity contribution in [3.8, 4) is 0 Å². The van der Waals surface area contributed by atoms with Gasteiger partial charge in [0.25, 0.3) is 0 Å². The van der Waals surface area contributed by atoms with Gasteiger partial charge in [-0.3, -0.25) is 0 Å². The minimum Gasteiger partial charge on any atom is -0.465 e. The van der Waals surface area contributed by atoms with Gasteiger partial charge in [-0.25, -0.2) is 4.79 Å². The van der Waals surface area contributed by atoms with Gasteiger partial charge in [0.1, 0.15) is 0 Å². The Morgan fingerprint density at radius 1 is 1.04 bits per heavy atom. The van der Waals surface area contributed by atoms with E-state index in [2.05, 4.69) is 4.74 Å². The van der Waals surface area contributed by atoms with Crippen LogP contribution in [0.15, 0.2) is 24.3 Å². The molecule has 0 saturated carbocycles. The van der Waals surface area contributed by atoms with Gasteiger partial charge in [-0.15, -0.1) is 0 Å². The minimum absolute atomic E-state index is 0.0237. The van der Waals surface area contributed by atoms with Gasteiger partial charge >= 0.3 is 24.0 Å². The Morgan fingerprint density at radius 3 is 1.88 bits per heavy atom. The highest BCUT2D eigenvalue weighted by atomic mass is 19.4. The van der Waals surface area contributed by atoms with Crippen molar-refractivity contribution in [2.45, 2.75) is 37.0 Å². The fourth-order valence-corrected chi connectivity index (χ4v) is 1.94. The number of methoxy groups -OCH3 is 1. The summed E-state index contributed by atoms with van der Waals surface area (Å²) in [6, 6.07) is 4.01. The number of hydrogen-bond donors (Lipinski definition) is 1. The molecule has 24 heavy (non-hydrogen) atoms. The maximum absolute atomic E-state index is 13.4. The first-order valence-corrected chi connectivity index (χ1v) is 6.39. The third-order valence-corrected chi connectivity index (χ3v) is 3.31. The Kier molecular flexibility index (Phi) is 5.24. The van der Waals surface area contributed by atoms with Crippen LogP contribution in [0.1, 0.15) is 29.3 Å². The molecule has 0 radical (unpaired) electrons. The predicted octanol–water partition coefficient (Wildman–Crippen LogP) is 3.90. The Labute approximate surface area is 132 Å². The number of rotatable bonds is 5. The van der Waals surface area contributed by atoms with Crippen molar-refractivity contribution in [3.05, 3.63) is 35.4 Å². The molecular weight excluding hydrogens is 349 g/mol. The quantitative estimate of drug-likeness (QED) is 0.638. The summed E-state index contributed by atoms with van der Waals surface area (Å²) in [5.74, 6) is -12.6. The number of esters is 1. The predicted molar refractivity (Wildman–Crippen MR) is 67.9 cm³/mol. The van der Waals surface area contributed by atoms with Crippen LogP contribution in [0.3, 0.4) is 0 Å². The lowest BCUT2D eigenvalue weighted by Gasteiger charge is -2.34. The number of alkyl halides is 7. The van der Waals surface area contributed by atoms with Crippen LogP contribution < -0.4 is 0 Å². The van der Waals surface area contributed by atoms with Gasteiger partial charge in [-0.1, -0.05) is 12.1 Å². The fraction of sp³-hybridized carbons (Fsp3) is 0.500. The summed E-state index contributed by atoms with van der Waals surface area (Å²) in [5.41, 5.74) is -3.09. The van der Waals surface area contributed by atoms with Gasteiger partial charge in [0.15, 0.2) is 0 Å². The summed E-state index contributed by atoms with van der Waals surface area (Å²) in [4.78, 5) is 11.2. The molecule has 0 bridgehead atoms. The Hall–Kier alpha value is -1.84. The molecule has 1 aromatic rings. The van der Waals surface area contributed by atoms with Crippen LogP contribution >= 0.6 is 0 Å². The average molecular weight is 362 g/mol. The van der Waals surface area contributed by atoms with Crippen LogP contribution in [0, 0.1) is 0 Å². The molecule has 1 aromatic carbocycles. The molecule has 0 aliphatic carbocycles. The van der Waals surface area contributed by atoms with Gasteiger partial charge in [0.2, 0.25) is 0 Å². The molecule has 0 aromatic heterocycles. The van der Waals surface area contributed by atoms with E-state index in [4.69, 9.17) is 0 Å². The van der Waals surface area contributed by atoms with Crippen molar-refractivity contribution in [2.75, 3.05) is 7.11 Å². The summed E-state index contributed by atoms with van der Waals surface area (Å²) in [7, 11) is 1.08. The van der Waals surface area contributed by atoms with Crippen molar-refractivity contribution in [1.82, 2.24) is 0 Å². The van der Waals surface area contributed by atoms with Crippen molar-refractivity contribution in [3.63, 3.8) is 0 Å². The summed E-state index contributed by atoms with van der Waals surface area (Å²) in [5, 5.41) is 9.94. The smallest absolute Gasteiger partial charge is 0.459 e. The number of carbonyl (C=O) groups excluding carboxylic acids is 1. The highest BCUT2D eigenvalue weighted by molar-refractivity contribution is 5.89. The van der Waals surface area contributed by atoms with Crippen LogP contribution in [-0.4, -0.2) is 36.2 Å². The molecule has 0 aliphatic heterocycles. The Morgan fingerprint density at radius 2 is 1.50 bits per heavy atom. The second-order valence-corrected chi connectivity index (χ2v) is 5.30. The number of ether oxygens (including phenoxy) is 1. The molecule has 1 atom stereocenters. The first kappa shape index (κ1) is 20.2. The second kappa shape index (κ2) is 6.23. The van der Waals surface area contributed by atoms with E-state index >= 15 is 0 Å². The van der Waals surface area contributed by atoms with Crippen LogP contribution in [-0.2, 0) is 10.3 Å². The van der Waals surface area contributed by atoms with E-state index in [0.717, 1.165) is 31.4 Å². The monoisotopic (exact) mass is 362 g/mol. The highest BCUT2D eigenvalue weighted by Gasteiger charge is 2.73. The SMILES string of the molecule is COC(=O)c1ccc(C(C)(O)CC(F)(F)C(F)(F)C(F)(F)F)cc1. The molecule has 10 heteroatoms. The molecule has 136 valence electrons. The minimum atomic E-state index is -6.47. The summed E-state index contributed by atoms with van der Waals surface area (Å²) < 4.78 is 93.5. The van der Waals surface area contributed by atoms with Crippen molar-refractivity contribution in [1.29, 1.82) is 0 Å². The lowest BCUT2D eigenvalue weighted by molar-refractivity contribution is -0.361. The van der Waals surface area contributed by atoms with Gasteiger partial charge < -0.3 is 9.84 Å². The Bertz CT molecular complexity index is 591. The molecule has 0 saturated heterocycles. The maximum Gasteiger partial charge on any atom is 0.459 e. The Balaban J connectivity index is 3.10. The number of aliphatic hydroxyl groups is 1. The molecule has 1 rings (SSSR count). The van der Waals surface area contributed by atoms with E-state index in [0.29, 0.717) is 6.92 Å². The average Bonchev–Trinajstić information content (AvgIpc) is 2.44. The van der Waals surface area contributed by atoms with Gasteiger partial charge in [-0.2, -0.15) is 30.7 Å². The zero-order valence-electron chi connectivity index (χ0n) is 12.4. The molecule has 0 aliphatic rings. The number of hydrogen-bond acceptors (Lipinski definition) is 3. The van der Waals surface area contributed by atoms with E-state index < -0.39 is 36.0 Å². The maximum atomic E-state index is 13.4. The van der Waals surface area contributed by atoms with E-state index in [1.165, 1.54) is 0 Å². The van der Waals surface area contributed by atoms with Crippen molar-refractivity contribution < 1.29 is 45.4 Å². The van der Waals surface area contributed by atoms with E-state index in [9.17, 15) is 40.6 Å². The zero-order chi connectivity index (χ0) is 19.0. The molecule has 0 amide bonds. The fourth-order valence-electron chi connectivity index (χ4n) is 1.94. The molecular formula is C14H13F7O3. The van der Waals surface area contributed by atoms with Gasteiger partial charge in [-0.05, 0) is 24.6 Å². The number of carbonyl (C=O) groups is 1. The third kappa shape index (κ3) is 3.80. The summed E-state index contributed by atoms with van der Waals surface area (Å²) >= 11 is 0. The highest BCUT2D eigenvalue weighted by Crippen LogP contribution is 2.50. The van der Waals surface area contributed by atoms with Crippen molar-refractivity contribution >= 4 is 5.97 Å². The molecule has 1 unspecified atom stereocenters. The summed E-state index contributed by atoms with van der Waals surface area (Å²) in [6.07, 6.45) is -8.65. The summed E-state index contributed by atoms with van der Waals surface area (Å²) in [6.45, 7) is 0.667. The van der Waals surface area contributed by atoms with Crippen LogP contribution in [0.4, 0.5) is 30.7 Å². The van der Waals surface area contributed by atoms with Gasteiger partial charge in [0, 0.05) is 0 Å². The second-order valence-electron chi connectivity index (χ2n) is 5.30. The molecule has 1 N–H and O–H groups in total. The van der Waals surface area contributed by atoms with Crippen LogP contribution in [0.5, 0.6) is 0 Å². The van der Waals surface area contributed by atoms with Crippen molar-refractivity contribution in [2.24, 2.45) is 0 Å². The van der Waals surface area contributed by atoms with Crippen LogP contribution in [0.2, 0.25) is 0 Å². The lowest BCUT2D eigenvalue weighted by atomic mass is 9.87. The van der Waals surface area contributed by atoms with E-state index in [-0.39, 0.29) is 11.1 Å². The van der Waals surface area contributed by atoms with E-state index in [1.807, 2.05) is 0 Å². The molecule has 0 heterocycles. The first-order chi connectivity index (χ1) is 10.7. The largest absolute Gasteiger partial charge is 0.465 e. The lowest BCUT2D eigenvalue weighted by Crippen LogP contribution is -2.54.